The molecule has 2 unspecified atom stereocenters. The molecule has 1 aromatic carbocycles. The average Bonchev–Trinajstić information content (AvgIpc) is 2.97. The number of aliphatic hydroxyl groups is 1. The van der Waals surface area contributed by atoms with Crippen molar-refractivity contribution in [3.63, 3.8) is 0 Å². The predicted octanol–water partition coefficient (Wildman–Crippen LogP) is 2.42. The molecule has 2 aromatic rings. The minimum atomic E-state index is -0.572. The number of hydrogen-bond acceptors (Lipinski definition) is 4. The van der Waals surface area contributed by atoms with Crippen molar-refractivity contribution >= 4 is 6.03 Å². The number of oxazole rings is 1. The zero-order valence-electron chi connectivity index (χ0n) is 13.0. The van der Waals surface area contributed by atoms with E-state index < -0.39 is 6.10 Å². The SMILES string of the molecule is CC(O)CN(C)C(=O)NC(C)c1ncc(-c2ccccc2)o1. The maximum Gasteiger partial charge on any atom is 0.317 e. The summed E-state index contributed by atoms with van der Waals surface area (Å²) in [7, 11) is 1.62. The third-order valence-electron chi connectivity index (χ3n) is 3.18. The largest absolute Gasteiger partial charge is 0.438 e. The summed E-state index contributed by atoms with van der Waals surface area (Å²) in [4.78, 5) is 17.6. The molecular weight excluding hydrogens is 282 g/mol. The number of nitrogens with zero attached hydrogens (tertiary/aromatic N) is 2. The lowest BCUT2D eigenvalue weighted by Crippen LogP contribution is -2.41. The van der Waals surface area contributed by atoms with Gasteiger partial charge in [-0.25, -0.2) is 9.78 Å². The monoisotopic (exact) mass is 303 g/mol. The summed E-state index contributed by atoms with van der Waals surface area (Å²) in [6.07, 6.45) is 1.07. The zero-order chi connectivity index (χ0) is 16.1. The molecule has 0 spiro atoms. The van der Waals surface area contributed by atoms with E-state index in [1.807, 2.05) is 30.3 Å². The van der Waals surface area contributed by atoms with Crippen LogP contribution in [-0.4, -0.2) is 40.7 Å². The number of aliphatic hydroxyl groups excluding tert-OH is 1. The Morgan fingerprint density at radius 2 is 2.05 bits per heavy atom. The van der Waals surface area contributed by atoms with Gasteiger partial charge in [0.2, 0.25) is 5.89 Å². The van der Waals surface area contributed by atoms with Crippen molar-refractivity contribution in [1.29, 1.82) is 0 Å². The van der Waals surface area contributed by atoms with Crippen molar-refractivity contribution in [2.24, 2.45) is 0 Å². The van der Waals surface area contributed by atoms with Gasteiger partial charge in [0.15, 0.2) is 5.76 Å². The number of carbonyl (C=O) groups is 1. The number of carbonyl (C=O) groups excluding carboxylic acids is 1. The van der Waals surface area contributed by atoms with Crippen molar-refractivity contribution in [1.82, 2.24) is 15.2 Å². The minimum Gasteiger partial charge on any atom is -0.438 e. The van der Waals surface area contributed by atoms with Crippen LogP contribution < -0.4 is 5.32 Å². The van der Waals surface area contributed by atoms with Crippen molar-refractivity contribution in [3.05, 3.63) is 42.4 Å². The predicted molar refractivity (Wildman–Crippen MR) is 83.2 cm³/mol. The molecule has 0 aliphatic heterocycles. The summed E-state index contributed by atoms with van der Waals surface area (Å²) in [5.41, 5.74) is 0.936. The summed E-state index contributed by atoms with van der Waals surface area (Å²) in [6, 6.07) is 9.01. The van der Waals surface area contributed by atoms with E-state index >= 15 is 0 Å². The molecule has 0 saturated carbocycles. The molecule has 6 nitrogen and oxygen atoms in total. The number of rotatable bonds is 5. The van der Waals surface area contributed by atoms with Gasteiger partial charge >= 0.3 is 6.03 Å². The quantitative estimate of drug-likeness (QED) is 0.889. The fraction of sp³-hybridized carbons (Fsp3) is 0.375. The first-order chi connectivity index (χ1) is 10.5. The highest BCUT2D eigenvalue weighted by atomic mass is 16.4. The zero-order valence-corrected chi connectivity index (χ0v) is 13.0. The summed E-state index contributed by atoms with van der Waals surface area (Å²) < 4.78 is 5.70. The van der Waals surface area contributed by atoms with Gasteiger partial charge < -0.3 is 19.7 Å². The number of amides is 2. The molecule has 0 saturated heterocycles. The molecule has 2 N–H and O–H groups in total. The van der Waals surface area contributed by atoms with Crippen molar-refractivity contribution in [3.8, 4) is 11.3 Å². The third-order valence-corrected chi connectivity index (χ3v) is 3.18. The van der Waals surface area contributed by atoms with Crippen LogP contribution in [0.1, 0.15) is 25.8 Å². The van der Waals surface area contributed by atoms with E-state index in [1.165, 1.54) is 4.90 Å². The Morgan fingerprint density at radius 1 is 1.36 bits per heavy atom. The number of benzene rings is 1. The molecule has 0 aliphatic carbocycles. The van der Waals surface area contributed by atoms with E-state index in [0.29, 0.717) is 11.7 Å². The third kappa shape index (κ3) is 4.08. The first kappa shape index (κ1) is 16.0. The van der Waals surface area contributed by atoms with Crippen LogP contribution in [0.4, 0.5) is 4.79 Å². The fourth-order valence-corrected chi connectivity index (χ4v) is 2.06. The van der Waals surface area contributed by atoms with Gasteiger partial charge in [-0.05, 0) is 13.8 Å². The first-order valence-corrected chi connectivity index (χ1v) is 7.18. The molecule has 22 heavy (non-hydrogen) atoms. The number of nitrogens with one attached hydrogen (secondary N) is 1. The molecule has 0 bridgehead atoms. The van der Waals surface area contributed by atoms with E-state index in [-0.39, 0.29) is 18.6 Å². The van der Waals surface area contributed by atoms with E-state index in [0.717, 1.165) is 5.56 Å². The molecule has 118 valence electrons. The molecule has 0 fully saturated rings. The van der Waals surface area contributed by atoms with Crippen molar-refractivity contribution in [2.45, 2.75) is 26.0 Å². The molecule has 1 heterocycles. The second-order valence-corrected chi connectivity index (χ2v) is 5.33. The number of hydrogen-bond donors (Lipinski definition) is 2. The Hall–Kier alpha value is -2.34. The Labute approximate surface area is 129 Å². The normalized spacial score (nSPS) is 13.5. The molecule has 0 aliphatic rings. The summed E-state index contributed by atoms with van der Waals surface area (Å²) in [6.45, 7) is 3.70. The number of aromatic nitrogens is 1. The second-order valence-electron chi connectivity index (χ2n) is 5.33. The summed E-state index contributed by atoms with van der Waals surface area (Å²) in [5, 5.41) is 12.1. The van der Waals surface area contributed by atoms with Gasteiger partial charge in [-0.1, -0.05) is 30.3 Å². The first-order valence-electron chi connectivity index (χ1n) is 7.18. The smallest absolute Gasteiger partial charge is 0.317 e. The Kier molecular flexibility index (Phi) is 5.16. The number of urea groups is 1. The van der Waals surface area contributed by atoms with Crippen LogP contribution in [0.5, 0.6) is 0 Å². The highest BCUT2D eigenvalue weighted by Crippen LogP contribution is 2.22. The van der Waals surface area contributed by atoms with Crippen LogP contribution in [0.25, 0.3) is 11.3 Å². The number of likely N-dealkylation sites (N-methyl/N-ethyl adjacent to an activating group) is 1. The molecule has 2 rings (SSSR count). The van der Waals surface area contributed by atoms with Gasteiger partial charge in [0, 0.05) is 19.2 Å². The van der Waals surface area contributed by atoms with Crippen LogP contribution in [0.3, 0.4) is 0 Å². The van der Waals surface area contributed by atoms with Gasteiger partial charge in [-0.15, -0.1) is 0 Å². The van der Waals surface area contributed by atoms with E-state index in [1.54, 1.807) is 27.1 Å². The summed E-state index contributed by atoms with van der Waals surface area (Å²) >= 11 is 0. The average molecular weight is 303 g/mol. The Bertz CT molecular complexity index is 610. The van der Waals surface area contributed by atoms with E-state index in [9.17, 15) is 9.90 Å². The van der Waals surface area contributed by atoms with Crippen LogP contribution in [0.2, 0.25) is 0 Å². The fourth-order valence-electron chi connectivity index (χ4n) is 2.06. The molecule has 1 aromatic heterocycles. The standard InChI is InChI=1S/C16H21N3O3/c1-11(20)10-19(3)16(21)18-12(2)15-17-9-14(22-15)13-7-5-4-6-8-13/h4-9,11-12,20H,10H2,1-3H3,(H,18,21). The molecule has 2 amide bonds. The lowest BCUT2D eigenvalue weighted by molar-refractivity contribution is 0.142. The van der Waals surface area contributed by atoms with Gasteiger partial charge in [-0.3, -0.25) is 0 Å². The van der Waals surface area contributed by atoms with Crippen LogP contribution >= 0.6 is 0 Å². The molecule has 2 atom stereocenters. The second kappa shape index (κ2) is 7.09. The van der Waals surface area contributed by atoms with Gasteiger partial charge in [-0.2, -0.15) is 0 Å². The lowest BCUT2D eigenvalue weighted by atomic mass is 10.2. The van der Waals surface area contributed by atoms with Crippen LogP contribution in [0, 0.1) is 0 Å². The molecule has 0 radical (unpaired) electrons. The maximum atomic E-state index is 12.0. The molecule has 6 heteroatoms. The highest BCUT2D eigenvalue weighted by Gasteiger charge is 2.18. The van der Waals surface area contributed by atoms with Gasteiger partial charge in [0.25, 0.3) is 0 Å². The van der Waals surface area contributed by atoms with Crippen LogP contribution in [0.15, 0.2) is 40.9 Å². The minimum absolute atomic E-state index is 0.263. The lowest BCUT2D eigenvalue weighted by Gasteiger charge is -2.21. The van der Waals surface area contributed by atoms with Gasteiger partial charge in [0.05, 0.1) is 12.3 Å². The molecular formula is C16H21N3O3. The Balaban J connectivity index is 2.00. The highest BCUT2D eigenvalue weighted by molar-refractivity contribution is 5.74. The van der Waals surface area contributed by atoms with E-state index in [4.69, 9.17) is 4.42 Å². The topological polar surface area (TPSA) is 78.6 Å². The van der Waals surface area contributed by atoms with Crippen molar-refractivity contribution < 1.29 is 14.3 Å². The summed E-state index contributed by atoms with van der Waals surface area (Å²) in [5.74, 6) is 1.10. The van der Waals surface area contributed by atoms with Gasteiger partial charge in [0.1, 0.15) is 6.04 Å². The van der Waals surface area contributed by atoms with Crippen LogP contribution in [-0.2, 0) is 0 Å². The van der Waals surface area contributed by atoms with E-state index in [2.05, 4.69) is 10.3 Å². The Morgan fingerprint density at radius 3 is 2.68 bits per heavy atom. The van der Waals surface area contributed by atoms with Crippen molar-refractivity contribution in [2.75, 3.05) is 13.6 Å². The maximum absolute atomic E-state index is 12.0.